The van der Waals surface area contributed by atoms with E-state index in [2.05, 4.69) is 0 Å². The molecule has 0 saturated heterocycles. The van der Waals surface area contributed by atoms with Gasteiger partial charge in [-0.25, -0.2) is 12.8 Å². The van der Waals surface area contributed by atoms with Gasteiger partial charge in [-0.15, -0.1) is 0 Å². The molecule has 0 radical (unpaired) electrons. The van der Waals surface area contributed by atoms with Gasteiger partial charge >= 0.3 is 0 Å². The molecule has 112 valence electrons. The van der Waals surface area contributed by atoms with E-state index >= 15 is 0 Å². The van der Waals surface area contributed by atoms with Gasteiger partial charge in [-0.3, -0.25) is 4.31 Å². The minimum absolute atomic E-state index is 0.0842. The molecule has 0 aliphatic rings. The number of sulfonamides is 1. The maximum atomic E-state index is 12.9. The SMILES string of the molecule is Cc1cc(Cl)c(S(=O)(=O)N(C)c2ccc(F)cc2)cc1N. The van der Waals surface area contributed by atoms with Crippen molar-refractivity contribution in [1.29, 1.82) is 0 Å². The molecule has 0 aromatic heterocycles. The summed E-state index contributed by atoms with van der Waals surface area (Å²) in [5.74, 6) is -0.442. The van der Waals surface area contributed by atoms with Crippen LogP contribution in [0, 0.1) is 12.7 Å². The van der Waals surface area contributed by atoms with Crippen LogP contribution in [0.3, 0.4) is 0 Å². The van der Waals surface area contributed by atoms with Gasteiger partial charge in [0.15, 0.2) is 0 Å². The fourth-order valence-electron chi connectivity index (χ4n) is 1.80. The molecule has 0 spiro atoms. The standard InChI is InChI=1S/C14H14ClFN2O2S/c1-9-7-12(15)14(8-13(9)17)21(19,20)18(2)11-5-3-10(16)4-6-11/h3-8H,17H2,1-2H3. The van der Waals surface area contributed by atoms with Crippen molar-refractivity contribution >= 4 is 33.0 Å². The highest BCUT2D eigenvalue weighted by Crippen LogP contribution is 2.30. The van der Waals surface area contributed by atoms with E-state index in [0.717, 1.165) is 4.31 Å². The van der Waals surface area contributed by atoms with Crippen LogP contribution < -0.4 is 10.0 Å². The third-order valence-electron chi connectivity index (χ3n) is 3.15. The van der Waals surface area contributed by atoms with Crippen LogP contribution in [0.2, 0.25) is 5.02 Å². The number of hydrogen-bond acceptors (Lipinski definition) is 3. The summed E-state index contributed by atoms with van der Waals surface area (Å²) in [6, 6.07) is 7.95. The van der Waals surface area contributed by atoms with Crippen LogP contribution >= 0.6 is 11.6 Å². The van der Waals surface area contributed by atoms with Crippen molar-refractivity contribution in [2.24, 2.45) is 0 Å². The third-order valence-corrected chi connectivity index (χ3v) is 5.40. The average Bonchev–Trinajstić information content (AvgIpc) is 2.42. The van der Waals surface area contributed by atoms with E-state index in [1.54, 1.807) is 6.92 Å². The molecule has 2 aromatic carbocycles. The fraction of sp³-hybridized carbons (Fsp3) is 0.143. The summed E-state index contributed by atoms with van der Waals surface area (Å²) < 4.78 is 39.1. The molecule has 2 rings (SSSR count). The summed E-state index contributed by atoms with van der Waals surface area (Å²) in [6.45, 7) is 1.74. The molecule has 0 aliphatic heterocycles. The number of anilines is 2. The highest BCUT2D eigenvalue weighted by Gasteiger charge is 2.25. The van der Waals surface area contributed by atoms with Gasteiger partial charge in [0.25, 0.3) is 10.0 Å². The quantitative estimate of drug-likeness (QED) is 0.880. The van der Waals surface area contributed by atoms with Crippen molar-refractivity contribution in [2.75, 3.05) is 17.1 Å². The van der Waals surface area contributed by atoms with E-state index in [9.17, 15) is 12.8 Å². The normalized spacial score (nSPS) is 11.4. The van der Waals surface area contributed by atoms with E-state index in [4.69, 9.17) is 17.3 Å². The van der Waals surface area contributed by atoms with Crippen LogP contribution in [0.15, 0.2) is 41.3 Å². The molecule has 0 bridgehead atoms. The Morgan fingerprint density at radius 1 is 1.19 bits per heavy atom. The van der Waals surface area contributed by atoms with E-state index in [1.807, 2.05) is 0 Å². The molecule has 0 amide bonds. The molecule has 0 fully saturated rings. The van der Waals surface area contributed by atoms with Crippen molar-refractivity contribution in [3.05, 3.63) is 52.8 Å². The van der Waals surface area contributed by atoms with Crippen LogP contribution in [0.5, 0.6) is 0 Å². The van der Waals surface area contributed by atoms with Gasteiger partial charge in [0.05, 0.1) is 10.7 Å². The number of nitrogens with zero attached hydrogens (tertiary/aromatic N) is 1. The van der Waals surface area contributed by atoms with Crippen LogP contribution in [0.4, 0.5) is 15.8 Å². The van der Waals surface area contributed by atoms with Crippen molar-refractivity contribution in [1.82, 2.24) is 0 Å². The Balaban J connectivity index is 2.51. The van der Waals surface area contributed by atoms with Crippen molar-refractivity contribution in [3.63, 3.8) is 0 Å². The Morgan fingerprint density at radius 2 is 1.76 bits per heavy atom. The lowest BCUT2D eigenvalue weighted by atomic mass is 10.2. The monoisotopic (exact) mass is 328 g/mol. The summed E-state index contributed by atoms with van der Waals surface area (Å²) in [5, 5.41) is 0.0932. The van der Waals surface area contributed by atoms with Gasteiger partial charge in [0.1, 0.15) is 10.7 Å². The van der Waals surface area contributed by atoms with E-state index in [-0.39, 0.29) is 9.92 Å². The molecular weight excluding hydrogens is 315 g/mol. The molecule has 7 heteroatoms. The lowest BCUT2D eigenvalue weighted by molar-refractivity contribution is 0.594. The first-order valence-electron chi connectivity index (χ1n) is 6.03. The third kappa shape index (κ3) is 2.96. The molecule has 0 heterocycles. The molecule has 0 unspecified atom stereocenters. The summed E-state index contributed by atoms with van der Waals surface area (Å²) in [5.41, 5.74) is 7.12. The second-order valence-corrected chi connectivity index (χ2v) is 6.93. The zero-order valence-corrected chi connectivity index (χ0v) is 13.0. The largest absolute Gasteiger partial charge is 0.398 e. The number of nitrogens with two attached hydrogens (primary N) is 1. The Hall–Kier alpha value is -1.79. The molecule has 0 aliphatic carbocycles. The number of benzene rings is 2. The Morgan fingerprint density at radius 3 is 2.33 bits per heavy atom. The number of rotatable bonds is 3. The number of halogens is 2. The maximum absolute atomic E-state index is 12.9. The van der Waals surface area contributed by atoms with Crippen LogP contribution in [0.25, 0.3) is 0 Å². The molecule has 4 nitrogen and oxygen atoms in total. The second-order valence-electron chi connectivity index (χ2n) is 4.59. The molecule has 0 atom stereocenters. The highest BCUT2D eigenvalue weighted by molar-refractivity contribution is 7.93. The van der Waals surface area contributed by atoms with Gasteiger partial charge < -0.3 is 5.73 Å². The summed E-state index contributed by atoms with van der Waals surface area (Å²) in [6.07, 6.45) is 0. The second kappa shape index (κ2) is 5.54. The minimum atomic E-state index is -3.88. The fourth-order valence-corrected chi connectivity index (χ4v) is 3.59. The van der Waals surface area contributed by atoms with Crippen LogP contribution in [0.1, 0.15) is 5.56 Å². The first-order valence-corrected chi connectivity index (χ1v) is 7.85. The smallest absolute Gasteiger partial charge is 0.265 e. The average molecular weight is 329 g/mol. The zero-order valence-electron chi connectivity index (χ0n) is 11.5. The van der Waals surface area contributed by atoms with Gasteiger partial charge in [0.2, 0.25) is 0 Å². The Kier molecular flexibility index (Phi) is 4.11. The number of aryl methyl sites for hydroxylation is 1. The maximum Gasteiger partial charge on any atom is 0.265 e. The Labute approximate surface area is 128 Å². The summed E-state index contributed by atoms with van der Waals surface area (Å²) in [4.78, 5) is -0.0842. The van der Waals surface area contributed by atoms with Gasteiger partial charge in [0, 0.05) is 12.7 Å². The van der Waals surface area contributed by atoms with E-state index in [1.165, 1.54) is 43.4 Å². The summed E-state index contributed by atoms with van der Waals surface area (Å²) >= 11 is 6.02. The Bertz CT molecular complexity index is 776. The van der Waals surface area contributed by atoms with Crippen molar-refractivity contribution in [2.45, 2.75) is 11.8 Å². The lowest BCUT2D eigenvalue weighted by Crippen LogP contribution is -2.27. The number of hydrogen-bond donors (Lipinski definition) is 1. The first kappa shape index (κ1) is 15.6. The van der Waals surface area contributed by atoms with E-state index in [0.29, 0.717) is 16.9 Å². The predicted molar refractivity (Wildman–Crippen MR) is 82.6 cm³/mol. The number of nitrogen functional groups attached to an aromatic ring is 1. The highest BCUT2D eigenvalue weighted by atomic mass is 35.5. The molecular formula is C14H14ClFN2O2S. The first-order chi connectivity index (χ1) is 9.73. The predicted octanol–water partition coefficient (Wildman–Crippen LogP) is 3.19. The molecule has 2 aromatic rings. The minimum Gasteiger partial charge on any atom is -0.398 e. The van der Waals surface area contributed by atoms with E-state index < -0.39 is 15.8 Å². The lowest BCUT2D eigenvalue weighted by Gasteiger charge is -2.20. The zero-order chi connectivity index (χ0) is 15.8. The molecule has 2 N–H and O–H groups in total. The van der Waals surface area contributed by atoms with Gasteiger partial charge in [-0.1, -0.05) is 11.6 Å². The molecule has 21 heavy (non-hydrogen) atoms. The molecule has 0 saturated carbocycles. The van der Waals surface area contributed by atoms with Crippen LogP contribution in [-0.2, 0) is 10.0 Å². The van der Waals surface area contributed by atoms with Crippen molar-refractivity contribution in [3.8, 4) is 0 Å². The summed E-state index contributed by atoms with van der Waals surface area (Å²) in [7, 11) is -2.51. The topological polar surface area (TPSA) is 63.4 Å². The van der Waals surface area contributed by atoms with Gasteiger partial charge in [-0.2, -0.15) is 0 Å². The van der Waals surface area contributed by atoms with Crippen molar-refractivity contribution < 1.29 is 12.8 Å². The van der Waals surface area contributed by atoms with Gasteiger partial charge in [-0.05, 0) is 48.9 Å². The van der Waals surface area contributed by atoms with Crippen LogP contribution in [-0.4, -0.2) is 15.5 Å².